The van der Waals surface area contributed by atoms with Gasteiger partial charge in [0.1, 0.15) is 5.75 Å². The van der Waals surface area contributed by atoms with Gasteiger partial charge in [0.25, 0.3) is 0 Å². The monoisotopic (exact) mass is 433 g/mol. The van der Waals surface area contributed by atoms with Crippen molar-refractivity contribution in [3.05, 3.63) is 41.3 Å². The van der Waals surface area contributed by atoms with Gasteiger partial charge in [-0.15, -0.1) is 0 Å². The topological polar surface area (TPSA) is 89.5 Å². The summed E-state index contributed by atoms with van der Waals surface area (Å²) in [5, 5.41) is 3.64. The van der Waals surface area contributed by atoms with E-state index < -0.39 is 9.84 Å². The second-order valence-corrected chi connectivity index (χ2v) is 10.4. The zero-order chi connectivity index (χ0) is 21.6. The number of hydrogen-bond acceptors (Lipinski definition) is 5. The van der Waals surface area contributed by atoms with Crippen LogP contribution in [0.15, 0.2) is 35.7 Å². The number of ether oxygens (including phenoxy) is 1. The van der Waals surface area contributed by atoms with Crippen LogP contribution in [0.2, 0.25) is 0 Å². The number of piperidine rings is 1. The van der Waals surface area contributed by atoms with Crippen molar-refractivity contribution >= 4 is 21.7 Å². The molecule has 2 fully saturated rings. The fraction of sp³-hybridized carbons (Fsp3) is 0.565. The van der Waals surface area contributed by atoms with Crippen LogP contribution in [0, 0.1) is 11.8 Å². The van der Waals surface area contributed by atoms with Gasteiger partial charge in [-0.25, -0.2) is 8.42 Å². The smallest absolute Gasteiger partial charge is 0.229 e. The van der Waals surface area contributed by atoms with Crippen molar-refractivity contribution in [3.8, 4) is 5.75 Å². The molecule has 30 heavy (non-hydrogen) atoms. The number of allylic oxidation sites excluding steroid dienone is 1. The molecule has 6 nitrogen and oxygen atoms in total. The quantitative estimate of drug-likeness (QED) is 0.424. The number of carbonyl (C=O) groups excluding carboxylic acids is 2. The van der Waals surface area contributed by atoms with Crippen molar-refractivity contribution in [2.75, 3.05) is 12.4 Å². The van der Waals surface area contributed by atoms with Gasteiger partial charge in [0, 0.05) is 17.7 Å². The third-order valence-corrected chi connectivity index (χ3v) is 7.24. The molecule has 0 bridgehead atoms. The molecule has 1 saturated carbocycles. The third kappa shape index (κ3) is 7.27. The summed E-state index contributed by atoms with van der Waals surface area (Å²) in [4.78, 5) is 22.9. The Balaban J connectivity index is 1.43. The zero-order valence-corrected chi connectivity index (χ0v) is 18.3. The number of unbranched alkanes of at least 4 members (excludes halogenated alkanes) is 1. The Morgan fingerprint density at radius 2 is 2.03 bits per heavy atom. The molecule has 1 heterocycles. The van der Waals surface area contributed by atoms with Crippen LogP contribution < -0.4 is 10.1 Å². The van der Waals surface area contributed by atoms with E-state index in [9.17, 15) is 18.0 Å². The number of rotatable bonds is 11. The lowest BCUT2D eigenvalue weighted by atomic mass is 9.93. The molecule has 2 atom stereocenters. The third-order valence-electron chi connectivity index (χ3n) is 5.67. The Morgan fingerprint density at radius 1 is 1.23 bits per heavy atom. The molecule has 0 radical (unpaired) electrons. The fourth-order valence-electron chi connectivity index (χ4n) is 3.62. The molecule has 2 amide bonds. The lowest BCUT2D eigenvalue weighted by molar-refractivity contribution is -0.136. The van der Waals surface area contributed by atoms with Gasteiger partial charge in [0.05, 0.1) is 12.4 Å². The zero-order valence-electron chi connectivity index (χ0n) is 17.5. The van der Waals surface area contributed by atoms with Gasteiger partial charge in [-0.2, -0.15) is 0 Å². The summed E-state index contributed by atoms with van der Waals surface area (Å²) in [6.07, 6.45) is 7.06. The lowest BCUT2D eigenvalue weighted by Crippen LogP contribution is -2.40. The molecule has 3 rings (SSSR count). The Morgan fingerprint density at radius 3 is 2.77 bits per heavy atom. The van der Waals surface area contributed by atoms with E-state index in [1.807, 2.05) is 31.2 Å². The van der Waals surface area contributed by atoms with E-state index in [0.717, 1.165) is 17.9 Å². The predicted molar refractivity (Wildman–Crippen MR) is 116 cm³/mol. The van der Waals surface area contributed by atoms with E-state index >= 15 is 0 Å². The molecule has 164 valence electrons. The van der Waals surface area contributed by atoms with Crippen LogP contribution in [0.5, 0.6) is 5.75 Å². The van der Waals surface area contributed by atoms with Crippen LogP contribution in [-0.2, 0) is 19.4 Å². The highest BCUT2D eigenvalue weighted by Crippen LogP contribution is 2.30. The number of sulfone groups is 1. The highest BCUT2D eigenvalue weighted by Gasteiger charge is 2.25. The van der Waals surface area contributed by atoms with E-state index in [0.29, 0.717) is 38.0 Å². The molecule has 2 aliphatic rings. The first-order valence-corrected chi connectivity index (χ1v) is 12.5. The van der Waals surface area contributed by atoms with Crippen LogP contribution in [0.4, 0.5) is 0 Å². The molecule has 1 N–H and O–H groups in total. The maximum Gasteiger partial charge on any atom is 0.229 e. The highest BCUT2D eigenvalue weighted by atomic mass is 32.2. The molecule has 0 spiro atoms. The molecular formula is C23H31NO5S. The summed E-state index contributed by atoms with van der Waals surface area (Å²) in [7, 11) is -3.33. The van der Waals surface area contributed by atoms with Crippen LogP contribution in [0.3, 0.4) is 0 Å². The number of imide groups is 1. The number of nitrogens with one attached hydrogen (secondary N) is 1. The van der Waals surface area contributed by atoms with Crippen LogP contribution in [0.1, 0.15) is 63.4 Å². The van der Waals surface area contributed by atoms with E-state index in [4.69, 9.17) is 4.74 Å². The summed E-state index contributed by atoms with van der Waals surface area (Å²) in [6.45, 7) is 2.64. The van der Waals surface area contributed by atoms with Crippen LogP contribution >= 0.6 is 0 Å². The standard InChI is InChI=1S/C23H31NO5S/c1-17(20-7-5-8-21(14-20)29-15-18-9-10-18)16-30(27,28)13-4-2-3-6-19-11-12-22(25)24-23(19)26/h4-5,7-8,13-14,17-19H,2-3,6,9-12,15-16H2,1H3,(H,24,25,26)/b13-4+/t17-,19?/m0/s1. The van der Waals surface area contributed by atoms with Gasteiger partial charge in [-0.3, -0.25) is 14.9 Å². The minimum atomic E-state index is -3.33. The minimum absolute atomic E-state index is 0.0444. The van der Waals surface area contributed by atoms with E-state index in [1.54, 1.807) is 6.08 Å². The second-order valence-electron chi connectivity index (χ2n) is 8.51. The number of carbonyl (C=O) groups is 2. The molecule has 1 aliphatic heterocycles. The number of benzene rings is 1. The molecule has 0 aromatic heterocycles. The molecule has 1 unspecified atom stereocenters. The predicted octanol–water partition coefficient (Wildman–Crippen LogP) is 3.73. The first kappa shape index (κ1) is 22.5. The molecule has 1 saturated heterocycles. The van der Waals surface area contributed by atoms with Gasteiger partial charge < -0.3 is 4.74 Å². The van der Waals surface area contributed by atoms with E-state index in [1.165, 1.54) is 18.2 Å². The SMILES string of the molecule is C[C@@H](CS(=O)(=O)/C=C/CCCC1CCC(=O)NC1=O)c1cccc(OCC2CC2)c1. The van der Waals surface area contributed by atoms with Crippen molar-refractivity contribution in [3.63, 3.8) is 0 Å². The molecule has 1 aliphatic carbocycles. The average Bonchev–Trinajstić information content (AvgIpc) is 3.52. The van der Waals surface area contributed by atoms with Crippen molar-refractivity contribution in [2.24, 2.45) is 11.8 Å². The van der Waals surface area contributed by atoms with Crippen molar-refractivity contribution in [1.29, 1.82) is 0 Å². The average molecular weight is 434 g/mol. The number of amides is 2. The summed E-state index contributed by atoms with van der Waals surface area (Å²) in [5.74, 6) is 0.813. The number of hydrogen-bond donors (Lipinski definition) is 1. The molecule has 7 heteroatoms. The van der Waals surface area contributed by atoms with E-state index in [2.05, 4.69) is 5.32 Å². The highest BCUT2D eigenvalue weighted by molar-refractivity contribution is 7.94. The van der Waals surface area contributed by atoms with Gasteiger partial charge in [-0.1, -0.05) is 25.1 Å². The Kier molecular flexibility index (Phi) is 7.69. The maximum absolute atomic E-state index is 12.5. The fourth-order valence-corrected chi connectivity index (χ4v) is 5.05. The summed E-state index contributed by atoms with van der Waals surface area (Å²) < 4.78 is 30.7. The summed E-state index contributed by atoms with van der Waals surface area (Å²) in [6, 6.07) is 7.70. The first-order valence-electron chi connectivity index (χ1n) is 10.8. The Hall–Kier alpha value is -2.15. The van der Waals surface area contributed by atoms with Gasteiger partial charge in [0.15, 0.2) is 9.84 Å². The van der Waals surface area contributed by atoms with Crippen LogP contribution in [0.25, 0.3) is 0 Å². The molecule has 1 aromatic carbocycles. The van der Waals surface area contributed by atoms with Gasteiger partial charge >= 0.3 is 0 Å². The Bertz CT molecular complexity index is 889. The lowest BCUT2D eigenvalue weighted by Gasteiger charge is -2.20. The van der Waals surface area contributed by atoms with Crippen LogP contribution in [-0.4, -0.2) is 32.6 Å². The molecular weight excluding hydrogens is 402 g/mol. The normalized spacial score (nSPS) is 20.9. The maximum atomic E-state index is 12.5. The first-order chi connectivity index (χ1) is 14.3. The van der Waals surface area contributed by atoms with Gasteiger partial charge in [0.2, 0.25) is 11.8 Å². The van der Waals surface area contributed by atoms with E-state index in [-0.39, 0.29) is 29.4 Å². The van der Waals surface area contributed by atoms with Gasteiger partial charge in [-0.05, 0) is 68.1 Å². The minimum Gasteiger partial charge on any atom is -0.493 e. The largest absolute Gasteiger partial charge is 0.493 e. The summed E-state index contributed by atoms with van der Waals surface area (Å²) in [5.41, 5.74) is 0.957. The Labute approximate surface area is 179 Å². The van der Waals surface area contributed by atoms with Crippen molar-refractivity contribution in [1.82, 2.24) is 5.32 Å². The van der Waals surface area contributed by atoms with Crippen molar-refractivity contribution < 1.29 is 22.7 Å². The second kappa shape index (κ2) is 10.2. The summed E-state index contributed by atoms with van der Waals surface area (Å²) >= 11 is 0. The molecule has 1 aromatic rings. The van der Waals surface area contributed by atoms with Crippen molar-refractivity contribution in [2.45, 2.75) is 57.8 Å².